The monoisotopic (exact) mass is 277 g/mol. The molecule has 1 aliphatic carbocycles. The summed E-state index contributed by atoms with van der Waals surface area (Å²) < 4.78 is 0. The molecule has 0 saturated heterocycles. The Morgan fingerprint density at radius 2 is 2.15 bits per heavy atom. The number of rotatable bonds is 4. The van der Waals surface area contributed by atoms with Crippen molar-refractivity contribution < 1.29 is 15.0 Å². The third-order valence-electron chi connectivity index (χ3n) is 4.20. The van der Waals surface area contributed by atoms with Crippen LogP contribution in [0.3, 0.4) is 0 Å². The number of phenols is 1. The fourth-order valence-electron chi connectivity index (χ4n) is 2.92. The Labute approximate surface area is 120 Å². The first-order chi connectivity index (χ1) is 9.54. The van der Waals surface area contributed by atoms with Crippen molar-refractivity contribution >= 4 is 5.91 Å². The number of aliphatic hydroxyl groups excluding tert-OH is 1. The maximum absolute atomic E-state index is 12.4. The van der Waals surface area contributed by atoms with Gasteiger partial charge in [-0.1, -0.05) is 25.5 Å². The van der Waals surface area contributed by atoms with Crippen LogP contribution >= 0.6 is 0 Å². The zero-order valence-corrected chi connectivity index (χ0v) is 12.2. The number of para-hydroxylation sites is 1. The van der Waals surface area contributed by atoms with Gasteiger partial charge < -0.3 is 15.1 Å². The van der Waals surface area contributed by atoms with Gasteiger partial charge in [0.25, 0.3) is 5.91 Å². The lowest BCUT2D eigenvalue weighted by molar-refractivity contribution is 0.0691. The van der Waals surface area contributed by atoms with E-state index in [9.17, 15) is 15.0 Å². The molecular formula is C16H23NO3. The first kappa shape index (κ1) is 14.9. The fourth-order valence-corrected chi connectivity index (χ4v) is 2.92. The summed E-state index contributed by atoms with van der Waals surface area (Å²) in [7, 11) is 1.73. The highest BCUT2D eigenvalue weighted by Gasteiger charge is 2.28. The van der Waals surface area contributed by atoms with Gasteiger partial charge in [-0.2, -0.15) is 0 Å². The number of aryl methyl sites for hydroxylation is 1. The predicted molar refractivity (Wildman–Crippen MR) is 77.8 cm³/mol. The van der Waals surface area contributed by atoms with Crippen molar-refractivity contribution in [3.8, 4) is 5.75 Å². The topological polar surface area (TPSA) is 60.8 Å². The summed E-state index contributed by atoms with van der Waals surface area (Å²) in [6, 6.07) is 5.27. The molecule has 110 valence electrons. The molecule has 1 fully saturated rings. The minimum atomic E-state index is -0.305. The van der Waals surface area contributed by atoms with E-state index in [1.54, 1.807) is 24.1 Å². The summed E-state index contributed by atoms with van der Waals surface area (Å²) in [6.07, 6.45) is 3.19. The molecule has 0 bridgehead atoms. The second-order valence-corrected chi connectivity index (χ2v) is 5.61. The van der Waals surface area contributed by atoms with E-state index in [2.05, 4.69) is 0 Å². The number of phenolic OH excluding ortho intramolecular Hbond substituents is 1. The second-order valence-electron chi connectivity index (χ2n) is 5.61. The molecule has 4 heteroatoms. The molecule has 0 spiro atoms. The minimum Gasteiger partial charge on any atom is -0.507 e. The molecule has 2 N–H and O–H groups in total. The highest BCUT2D eigenvalue weighted by molar-refractivity contribution is 5.97. The molecule has 2 unspecified atom stereocenters. The van der Waals surface area contributed by atoms with Gasteiger partial charge in [-0.25, -0.2) is 0 Å². The summed E-state index contributed by atoms with van der Waals surface area (Å²) >= 11 is 0. The molecule has 0 aromatic heterocycles. The highest BCUT2D eigenvalue weighted by Crippen LogP contribution is 2.28. The normalized spacial score (nSPS) is 21.9. The van der Waals surface area contributed by atoms with Crippen LogP contribution in [0.4, 0.5) is 0 Å². The first-order valence-corrected chi connectivity index (χ1v) is 7.29. The Morgan fingerprint density at radius 1 is 1.40 bits per heavy atom. The van der Waals surface area contributed by atoms with Gasteiger partial charge in [0.2, 0.25) is 0 Å². The number of carbonyl (C=O) groups is 1. The lowest BCUT2D eigenvalue weighted by Crippen LogP contribution is -2.34. The number of aromatic hydroxyl groups is 1. The van der Waals surface area contributed by atoms with Crippen LogP contribution in [0.25, 0.3) is 0 Å². The Balaban J connectivity index is 2.10. The molecule has 0 aliphatic heterocycles. The molecule has 1 aromatic carbocycles. The Bertz CT molecular complexity index is 487. The Morgan fingerprint density at radius 3 is 2.75 bits per heavy atom. The SMILES string of the molecule is CCc1cccc(C(=O)N(C)CC2CCCC2O)c1O. The van der Waals surface area contributed by atoms with E-state index in [-0.39, 0.29) is 23.7 Å². The number of nitrogens with zero attached hydrogens (tertiary/aromatic N) is 1. The number of hydrogen-bond donors (Lipinski definition) is 2. The standard InChI is InChI=1S/C16H23NO3/c1-3-11-6-4-8-13(15(11)19)16(20)17(2)10-12-7-5-9-14(12)18/h4,6,8,12,14,18-19H,3,5,7,9-10H2,1-2H3. The summed E-state index contributed by atoms with van der Waals surface area (Å²) in [5.74, 6) is 0.0520. The van der Waals surface area contributed by atoms with Gasteiger partial charge in [-0.05, 0) is 30.9 Å². The molecule has 20 heavy (non-hydrogen) atoms. The van der Waals surface area contributed by atoms with Gasteiger partial charge >= 0.3 is 0 Å². The lowest BCUT2D eigenvalue weighted by Gasteiger charge is -2.24. The second kappa shape index (κ2) is 6.27. The zero-order valence-electron chi connectivity index (χ0n) is 12.2. The maximum Gasteiger partial charge on any atom is 0.257 e. The van der Waals surface area contributed by atoms with E-state index in [1.165, 1.54) is 0 Å². The van der Waals surface area contributed by atoms with E-state index in [0.29, 0.717) is 18.5 Å². The zero-order chi connectivity index (χ0) is 14.7. The predicted octanol–water partition coefficient (Wildman–Crippen LogP) is 2.19. The average molecular weight is 277 g/mol. The van der Waals surface area contributed by atoms with E-state index in [1.807, 2.05) is 13.0 Å². The van der Waals surface area contributed by atoms with Crippen molar-refractivity contribution in [2.45, 2.75) is 38.7 Å². The third kappa shape index (κ3) is 2.96. The van der Waals surface area contributed by atoms with Crippen molar-refractivity contribution in [2.75, 3.05) is 13.6 Å². The average Bonchev–Trinajstić information content (AvgIpc) is 2.84. The summed E-state index contributed by atoms with van der Waals surface area (Å²) in [4.78, 5) is 14.0. The molecule has 1 amide bonds. The van der Waals surface area contributed by atoms with Gasteiger partial charge in [0, 0.05) is 19.5 Å². The Hall–Kier alpha value is -1.55. The molecule has 2 rings (SSSR count). The molecule has 0 radical (unpaired) electrons. The van der Waals surface area contributed by atoms with Crippen LogP contribution in [0.5, 0.6) is 5.75 Å². The number of carbonyl (C=O) groups excluding carboxylic acids is 1. The minimum absolute atomic E-state index is 0.0822. The van der Waals surface area contributed by atoms with E-state index >= 15 is 0 Å². The van der Waals surface area contributed by atoms with E-state index in [4.69, 9.17) is 0 Å². The van der Waals surface area contributed by atoms with Crippen molar-refractivity contribution in [2.24, 2.45) is 5.92 Å². The molecule has 4 nitrogen and oxygen atoms in total. The van der Waals surface area contributed by atoms with E-state index < -0.39 is 0 Å². The molecule has 1 saturated carbocycles. The fraction of sp³-hybridized carbons (Fsp3) is 0.562. The van der Waals surface area contributed by atoms with Crippen LogP contribution in [0, 0.1) is 5.92 Å². The van der Waals surface area contributed by atoms with Crippen LogP contribution in [-0.2, 0) is 6.42 Å². The van der Waals surface area contributed by atoms with Crippen molar-refractivity contribution in [3.05, 3.63) is 29.3 Å². The molecule has 2 atom stereocenters. The van der Waals surface area contributed by atoms with Crippen LogP contribution in [-0.4, -0.2) is 40.7 Å². The van der Waals surface area contributed by atoms with Gasteiger partial charge in [0.1, 0.15) is 5.75 Å². The van der Waals surface area contributed by atoms with Crippen LogP contribution < -0.4 is 0 Å². The van der Waals surface area contributed by atoms with Crippen LogP contribution in [0.2, 0.25) is 0 Å². The van der Waals surface area contributed by atoms with Crippen LogP contribution in [0.15, 0.2) is 18.2 Å². The van der Waals surface area contributed by atoms with Crippen molar-refractivity contribution in [1.29, 1.82) is 0 Å². The number of aliphatic hydroxyl groups is 1. The molecule has 0 heterocycles. The van der Waals surface area contributed by atoms with Gasteiger partial charge in [-0.3, -0.25) is 4.79 Å². The Kier molecular flexibility index (Phi) is 4.65. The highest BCUT2D eigenvalue weighted by atomic mass is 16.3. The quantitative estimate of drug-likeness (QED) is 0.887. The molecule has 1 aromatic rings. The number of amides is 1. The van der Waals surface area contributed by atoms with Crippen molar-refractivity contribution in [1.82, 2.24) is 4.90 Å². The molecule has 1 aliphatic rings. The largest absolute Gasteiger partial charge is 0.507 e. The maximum atomic E-state index is 12.4. The van der Waals surface area contributed by atoms with Crippen molar-refractivity contribution in [3.63, 3.8) is 0 Å². The van der Waals surface area contributed by atoms with Gasteiger partial charge in [-0.15, -0.1) is 0 Å². The van der Waals surface area contributed by atoms with Crippen LogP contribution in [0.1, 0.15) is 42.1 Å². The summed E-state index contributed by atoms with van der Waals surface area (Å²) in [6.45, 7) is 2.48. The van der Waals surface area contributed by atoms with Gasteiger partial charge in [0.05, 0.1) is 11.7 Å². The smallest absolute Gasteiger partial charge is 0.257 e. The summed E-state index contributed by atoms with van der Waals surface area (Å²) in [5, 5.41) is 20.0. The molecular weight excluding hydrogens is 254 g/mol. The van der Waals surface area contributed by atoms with Gasteiger partial charge in [0.15, 0.2) is 0 Å². The summed E-state index contributed by atoms with van der Waals surface area (Å²) in [5.41, 5.74) is 1.13. The number of benzene rings is 1. The first-order valence-electron chi connectivity index (χ1n) is 7.29. The number of hydrogen-bond acceptors (Lipinski definition) is 3. The van der Waals surface area contributed by atoms with E-state index in [0.717, 1.165) is 24.8 Å². The third-order valence-corrected chi connectivity index (χ3v) is 4.20. The lowest BCUT2D eigenvalue weighted by atomic mass is 10.0.